The Balaban J connectivity index is 1.58. The number of aromatic nitrogens is 3. The van der Waals surface area contributed by atoms with Gasteiger partial charge in [-0.05, 0) is 24.6 Å². The van der Waals surface area contributed by atoms with E-state index in [0.717, 1.165) is 6.42 Å². The summed E-state index contributed by atoms with van der Waals surface area (Å²) in [6, 6.07) is 9.46. The highest BCUT2D eigenvalue weighted by molar-refractivity contribution is 6.08. The van der Waals surface area contributed by atoms with Crippen LogP contribution < -0.4 is 25.4 Å². The number of nitrogens with zero attached hydrogens (tertiary/aromatic N) is 4. The quantitative estimate of drug-likeness (QED) is 0.326. The Morgan fingerprint density at radius 2 is 2.03 bits per heavy atom. The van der Waals surface area contributed by atoms with E-state index in [0.29, 0.717) is 28.9 Å². The Morgan fingerprint density at radius 1 is 1.25 bits per heavy atom. The number of anilines is 2. The van der Waals surface area contributed by atoms with Crippen molar-refractivity contribution in [3.63, 3.8) is 0 Å². The average molecular weight is 495 g/mol. The number of carbonyl (C=O) groups excluding carboxylic acids is 1. The molecule has 1 atom stereocenters. The minimum Gasteiger partial charge on any atom is -0.618 e. The van der Waals surface area contributed by atoms with E-state index in [1.54, 1.807) is 13.2 Å². The van der Waals surface area contributed by atoms with Gasteiger partial charge in [-0.3, -0.25) is 9.48 Å². The minimum absolute atomic E-state index is 0.0680. The number of halogens is 2. The summed E-state index contributed by atoms with van der Waals surface area (Å²) in [4.78, 5) is 15.3. The summed E-state index contributed by atoms with van der Waals surface area (Å²) in [5, 5.41) is 20.6. The summed E-state index contributed by atoms with van der Waals surface area (Å²) in [6.07, 6.45) is 2.41. The summed E-state index contributed by atoms with van der Waals surface area (Å²) in [5.74, 6) is -1.93. The van der Waals surface area contributed by atoms with E-state index in [2.05, 4.69) is 10.4 Å². The van der Waals surface area contributed by atoms with Crippen LogP contribution in [0.25, 0.3) is 22.2 Å². The highest BCUT2D eigenvalue weighted by atomic mass is 19.1. The molecule has 1 saturated heterocycles. The van der Waals surface area contributed by atoms with Gasteiger partial charge >= 0.3 is 5.91 Å². The number of nitrogens with one attached hydrogen (secondary N) is 1. The first-order valence-electron chi connectivity index (χ1n) is 11.3. The van der Waals surface area contributed by atoms with Crippen LogP contribution in [0.3, 0.4) is 0 Å². The van der Waals surface area contributed by atoms with Gasteiger partial charge in [0.05, 0.1) is 18.5 Å². The maximum atomic E-state index is 15.0. The van der Waals surface area contributed by atoms with Gasteiger partial charge < -0.3 is 25.9 Å². The fourth-order valence-corrected chi connectivity index (χ4v) is 4.63. The maximum absolute atomic E-state index is 15.0. The molecule has 11 heteroatoms. The first kappa shape index (κ1) is 23.5. The average Bonchev–Trinajstić information content (AvgIpc) is 3.45. The Hall–Kier alpha value is -4.25. The molecule has 2 aromatic carbocycles. The Labute approximate surface area is 205 Å². The lowest BCUT2D eigenvalue weighted by atomic mass is 10.1. The van der Waals surface area contributed by atoms with Gasteiger partial charge in [-0.2, -0.15) is 9.83 Å². The zero-order valence-corrected chi connectivity index (χ0v) is 19.7. The fourth-order valence-electron chi connectivity index (χ4n) is 4.63. The molecular weight excluding hydrogens is 470 g/mol. The van der Waals surface area contributed by atoms with Crippen molar-refractivity contribution in [2.75, 3.05) is 30.4 Å². The van der Waals surface area contributed by atoms with Crippen LogP contribution in [-0.4, -0.2) is 41.9 Å². The number of aryl methyl sites for hydroxylation is 1. The molecule has 0 unspecified atom stereocenters. The monoisotopic (exact) mass is 494 g/mol. The molecule has 2 aromatic heterocycles. The highest BCUT2D eigenvalue weighted by Gasteiger charge is 2.29. The van der Waals surface area contributed by atoms with Crippen molar-refractivity contribution >= 4 is 28.2 Å². The molecule has 3 N–H and O–H groups in total. The molecule has 0 spiro atoms. The third-order valence-corrected chi connectivity index (χ3v) is 6.26. The molecule has 1 amide bonds. The van der Waals surface area contributed by atoms with Crippen LogP contribution in [0.2, 0.25) is 0 Å². The molecule has 5 rings (SSSR count). The van der Waals surface area contributed by atoms with Crippen molar-refractivity contribution in [1.29, 1.82) is 0 Å². The third kappa shape index (κ3) is 3.97. The molecule has 1 fully saturated rings. The molecule has 0 aliphatic carbocycles. The number of nitrogens with two attached hydrogens (primary N) is 1. The summed E-state index contributed by atoms with van der Waals surface area (Å²) >= 11 is 0. The lowest BCUT2D eigenvalue weighted by Gasteiger charge is -2.23. The molecule has 0 saturated carbocycles. The number of fused-ring (bicyclic) bond motifs is 1. The van der Waals surface area contributed by atoms with Crippen LogP contribution in [0.15, 0.2) is 48.7 Å². The number of hydrogen-bond acceptors (Lipinski definition) is 6. The van der Waals surface area contributed by atoms with Gasteiger partial charge in [-0.1, -0.05) is 6.07 Å². The molecule has 4 aromatic rings. The standard InChI is InChI=1S/C25H24F2N6O3/c1-31-13-15-23(30-31)17(27)11-18(24(15)32-10-9-14(28)12-32)29-25(34)20-7-4-6-19(33(20)35)22-16(26)5-3-8-21(22)36-2/h3-8,11,13-14H,9-10,12,28H2,1-2H3,(H,29,34)/t14-/m0/s1. The maximum Gasteiger partial charge on any atom is 0.321 e. The van der Waals surface area contributed by atoms with Crippen molar-refractivity contribution in [3.05, 3.63) is 71.2 Å². The number of benzene rings is 2. The van der Waals surface area contributed by atoms with Crippen LogP contribution in [0.4, 0.5) is 20.2 Å². The van der Waals surface area contributed by atoms with E-state index in [1.165, 1.54) is 54.3 Å². The zero-order valence-electron chi connectivity index (χ0n) is 19.7. The second-order valence-corrected chi connectivity index (χ2v) is 8.68. The van der Waals surface area contributed by atoms with Crippen LogP contribution in [0, 0.1) is 16.8 Å². The number of rotatable bonds is 5. The van der Waals surface area contributed by atoms with Gasteiger partial charge in [0.2, 0.25) is 5.69 Å². The molecule has 0 bridgehead atoms. The van der Waals surface area contributed by atoms with E-state index < -0.39 is 17.5 Å². The van der Waals surface area contributed by atoms with Crippen LogP contribution >= 0.6 is 0 Å². The molecule has 9 nitrogen and oxygen atoms in total. The fraction of sp³-hybridized carbons (Fsp3) is 0.240. The van der Waals surface area contributed by atoms with Gasteiger partial charge in [0.15, 0.2) is 5.82 Å². The van der Waals surface area contributed by atoms with Crippen LogP contribution in [-0.2, 0) is 7.05 Å². The summed E-state index contributed by atoms with van der Waals surface area (Å²) in [7, 11) is 3.04. The molecular formula is C25H24F2N6O3. The number of carbonyl (C=O) groups is 1. The van der Waals surface area contributed by atoms with E-state index in [4.69, 9.17) is 10.5 Å². The predicted octanol–water partition coefficient (Wildman–Crippen LogP) is 2.95. The SMILES string of the molecule is COc1cccc(F)c1-c1cccc(C(=O)Nc2cc(F)c3nn(C)cc3c2N2CC[C@H](N)C2)[n+]1[O-]. The van der Waals surface area contributed by atoms with Crippen molar-refractivity contribution in [3.8, 4) is 17.0 Å². The smallest absolute Gasteiger partial charge is 0.321 e. The molecule has 36 heavy (non-hydrogen) atoms. The number of ether oxygens (including phenoxy) is 1. The van der Waals surface area contributed by atoms with Crippen molar-refractivity contribution < 1.29 is 23.0 Å². The van der Waals surface area contributed by atoms with Gasteiger partial charge in [-0.15, -0.1) is 0 Å². The second kappa shape index (κ2) is 9.08. The third-order valence-electron chi connectivity index (χ3n) is 6.26. The van der Waals surface area contributed by atoms with Crippen LogP contribution in [0.5, 0.6) is 5.75 Å². The molecule has 1 aliphatic rings. The highest BCUT2D eigenvalue weighted by Crippen LogP contribution is 2.38. The van der Waals surface area contributed by atoms with Gasteiger partial charge in [0.25, 0.3) is 5.69 Å². The number of amides is 1. The molecule has 3 heterocycles. The number of pyridine rings is 1. The summed E-state index contributed by atoms with van der Waals surface area (Å²) in [5.41, 5.74) is 6.56. The zero-order chi connectivity index (χ0) is 25.6. The number of hydrogen-bond donors (Lipinski definition) is 2. The van der Waals surface area contributed by atoms with E-state index in [9.17, 15) is 18.8 Å². The number of methoxy groups -OCH3 is 1. The first-order valence-corrected chi connectivity index (χ1v) is 11.3. The molecule has 1 aliphatic heterocycles. The largest absolute Gasteiger partial charge is 0.618 e. The normalized spacial score (nSPS) is 15.5. The van der Waals surface area contributed by atoms with Crippen molar-refractivity contribution in [2.45, 2.75) is 12.5 Å². The predicted molar refractivity (Wildman–Crippen MR) is 131 cm³/mol. The Morgan fingerprint density at radius 3 is 2.75 bits per heavy atom. The van der Waals surface area contributed by atoms with Crippen LogP contribution in [0.1, 0.15) is 16.9 Å². The first-order chi connectivity index (χ1) is 17.3. The van der Waals surface area contributed by atoms with Crippen molar-refractivity contribution in [1.82, 2.24) is 9.78 Å². The summed E-state index contributed by atoms with van der Waals surface area (Å²) in [6.45, 7) is 1.13. The van der Waals surface area contributed by atoms with Gasteiger partial charge in [0, 0.05) is 56.0 Å². The lowest BCUT2D eigenvalue weighted by molar-refractivity contribution is -0.596. The van der Waals surface area contributed by atoms with Crippen molar-refractivity contribution in [2.24, 2.45) is 12.8 Å². The Kier molecular flexibility index (Phi) is 5.92. The van der Waals surface area contributed by atoms with E-state index in [1.807, 2.05) is 4.90 Å². The molecule has 186 valence electrons. The second-order valence-electron chi connectivity index (χ2n) is 8.68. The molecule has 0 radical (unpaired) electrons. The lowest BCUT2D eigenvalue weighted by Crippen LogP contribution is -2.39. The minimum atomic E-state index is -0.783. The van der Waals surface area contributed by atoms with E-state index in [-0.39, 0.29) is 39.9 Å². The Bertz CT molecular complexity index is 1490. The topological polar surface area (TPSA) is 112 Å². The summed E-state index contributed by atoms with van der Waals surface area (Å²) < 4.78 is 36.6. The van der Waals surface area contributed by atoms with Gasteiger partial charge in [-0.25, -0.2) is 8.78 Å². The van der Waals surface area contributed by atoms with E-state index >= 15 is 0 Å². The van der Waals surface area contributed by atoms with Gasteiger partial charge in [0.1, 0.15) is 22.6 Å².